The van der Waals surface area contributed by atoms with E-state index in [1.807, 2.05) is 30.3 Å². The topological polar surface area (TPSA) is 29.1 Å². The molecule has 1 aliphatic carbocycles. The molecule has 0 atom stereocenters. The van der Waals surface area contributed by atoms with Crippen molar-refractivity contribution in [3.05, 3.63) is 77.9 Å². The number of hydrogen-bond acceptors (Lipinski definition) is 1. The SMILES string of the molecule is O=C(/C=C(/c1ccccc1)C(F)(F)F)NCC1(c2ccccc2)CC1. The van der Waals surface area contributed by atoms with Crippen LogP contribution in [0.3, 0.4) is 0 Å². The Balaban J connectivity index is 1.73. The Morgan fingerprint density at radius 1 is 1.00 bits per heavy atom. The van der Waals surface area contributed by atoms with Gasteiger partial charge in [0.25, 0.3) is 0 Å². The fraction of sp³-hybridized carbons (Fsp3) is 0.250. The van der Waals surface area contributed by atoms with Crippen LogP contribution in [0.2, 0.25) is 0 Å². The Labute approximate surface area is 144 Å². The van der Waals surface area contributed by atoms with E-state index in [4.69, 9.17) is 0 Å². The van der Waals surface area contributed by atoms with Crippen molar-refractivity contribution in [1.29, 1.82) is 0 Å². The summed E-state index contributed by atoms with van der Waals surface area (Å²) in [6.45, 7) is 0.340. The molecule has 130 valence electrons. The lowest BCUT2D eigenvalue weighted by Gasteiger charge is -2.17. The zero-order chi connectivity index (χ0) is 17.9. The Kier molecular flexibility index (Phi) is 4.66. The van der Waals surface area contributed by atoms with E-state index in [2.05, 4.69) is 5.32 Å². The molecule has 1 amide bonds. The van der Waals surface area contributed by atoms with Crippen molar-refractivity contribution in [3.8, 4) is 0 Å². The van der Waals surface area contributed by atoms with Gasteiger partial charge in [0.05, 0.1) is 5.57 Å². The fourth-order valence-electron chi connectivity index (χ4n) is 2.90. The number of benzene rings is 2. The van der Waals surface area contributed by atoms with E-state index in [0.29, 0.717) is 12.6 Å². The first kappa shape index (κ1) is 17.3. The summed E-state index contributed by atoms with van der Waals surface area (Å²) >= 11 is 0. The van der Waals surface area contributed by atoms with Crippen LogP contribution in [0.15, 0.2) is 66.7 Å². The maximum absolute atomic E-state index is 13.3. The molecule has 25 heavy (non-hydrogen) atoms. The van der Waals surface area contributed by atoms with Crippen LogP contribution in [0.1, 0.15) is 24.0 Å². The minimum atomic E-state index is -4.59. The summed E-state index contributed by atoms with van der Waals surface area (Å²) in [5.74, 6) is -0.724. The second kappa shape index (κ2) is 6.75. The second-order valence-electron chi connectivity index (χ2n) is 6.29. The smallest absolute Gasteiger partial charge is 0.352 e. The van der Waals surface area contributed by atoms with E-state index in [1.54, 1.807) is 6.07 Å². The van der Waals surface area contributed by atoms with Gasteiger partial charge in [-0.1, -0.05) is 60.7 Å². The molecular formula is C20H18F3NO. The first-order valence-electron chi connectivity index (χ1n) is 8.08. The number of halogens is 3. The van der Waals surface area contributed by atoms with E-state index >= 15 is 0 Å². The maximum atomic E-state index is 13.3. The molecule has 0 spiro atoms. The number of allylic oxidation sites excluding steroid dienone is 1. The van der Waals surface area contributed by atoms with E-state index in [1.165, 1.54) is 24.3 Å². The molecule has 2 aromatic carbocycles. The predicted molar refractivity (Wildman–Crippen MR) is 90.8 cm³/mol. The highest BCUT2D eigenvalue weighted by Gasteiger charge is 2.44. The molecule has 1 saturated carbocycles. The third-order valence-electron chi connectivity index (χ3n) is 4.51. The van der Waals surface area contributed by atoms with Crippen LogP contribution >= 0.6 is 0 Å². The molecule has 2 aromatic rings. The average Bonchev–Trinajstić information content (AvgIpc) is 3.40. The standard InChI is InChI=1S/C20H18F3NO/c21-20(22,23)17(15-7-3-1-4-8-15)13-18(25)24-14-19(11-12-19)16-9-5-2-6-10-16/h1-10,13H,11-12,14H2,(H,24,25)/b17-13-. The summed E-state index contributed by atoms with van der Waals surface area (Å²) in [5.41, 5.74) is 0.0125. The summed E-state index contributed by atoms with van der Waals surface area (Å²) in [7, 11) is 0. The van der Waals surface area contributed by atoms with Gasteiger partial charge in [-0.25, -0.2) is 0 Å². The Morgan fingerprint density at radius 3 is 2.08 bits per heavy atom. The Hall–Kier alpha value is -2.56. The number of rotatable bonds is 5. The van der Waals surface area contributed by atoms with Crippen molar-refractivity contribution in [2.45, 2.75) is 24.4 Å². The van der Waals surface area contributed by atoms with Gasteiger partial charge in [-0.3, -0.25) is 4.79 Å². The lowest BCUT2D eigenvalue weighted by atomic mass is 9.96. The average molecular weight is 345 g/mol. The molecule has 1 aliphatic rings. The molecule has 2 nitrogen and oxygen atoms in total. The third kappa shape index (κ3) is 4.10. The minimum Gasteiger partial charge on any atom is -0.352 e. The Bertz CT molecular complexity index is 763. The van der Waals surface area contributed by atoms with Crippen LogP contribution in [-0.2, 0) is 10.2 Å². The van der Waals surface area contributed by atoms with Gasteiger partial charge >= 0.3 is 6.18 Å². The van der Waals surface area contributed by atoms with Gasteiger partial charge in [0.15, 0.2) is 0 Å². The van der Waals surface area contributed by atoms with E-state index in [-0.39, 0.29) is 11.0 Å². The summed E-state index contributed by atoms with van der Waals surface area (Å²) in [6.07, 6.45) is -2.09. The molecule has 0 radical (unpaired) electrons. The fourth-order valence-corrected chi connectivity index (χ4v) is 2.90. The molecule has 0 aliphatic heterocycles. The predicted octanol–water partition coefficient (Wildman–Crippen LogP) is 4.48. The molecule has 0 heterocycles. The van der Waals surface area contributed by atoms with Crippen LogP contribution in [0.25, 0.3) is 5.57 Å². The van der Waals surface area contributed by atoms with Crippen molar-refractivity contribution in [3.63, 3.8) is 0 Å². The molecular weight excluding hydrogens is 327 g/mol. The van der Waals surface area contributed by atoms with Crippen molar-refractivity contribution in [2.75, 3.05) is 6.54 Å². The van der Waals surface area contributed by atoms with Gasteiger partial charge < -0.3 is 5.32 Å². The summed E-state index contributed by atoms with van der Waals surface area (Å²) in [6, 6.07) is 17.1. The maximum Gasteiger partial charge on any atom is 0.417 e. The number of hydrogen-bond donors (Lipinski definition) is 1. The van der Waals surface area contributed by atoms with Crippen molar-refractivity contribution in [1.82, 2.24) is 5.32 Å². The van der Waals surface area contributed by atoms with Crippen LogP contribution < -0.4 is 5.32 Å². The highest BCUT2D eigenvalue weighted by molar-refractivity contribution is 5.96. The van der Waals surface area contributed by atoms with Gasteiger partial charge in [-0.05, 0) is 24.0 Å². The first-order chi connectivity index (χ1) is 11.9. The largest absolute Gasteiger partial charge is 0.417 e. The lowest BCUT2D eigenvalue weighted by molar-refractivity contribution is -0.117. The Morgan fingerprint density at radius 2 is 1.56 bits per heavy atom. The lowest BCUT2D eigenvalue weighted by Crippen LogP contribution is -2.31. The number of amides is 1. The summed E-state index contributed by atoms with van der Waals surface area (Å²) in [4.78, 5) is 12.1. The van der Waals surface area contributed by atoms with Crippen molar-refractivity contribution >= 4 is 11.5 Å². The second-order valence-corrected chi connectivity index (χ2v) is 6.29. The van der Waals surface area contributed by atoms with E-state index in [9.17, 15) is 18.0 Å². The molecule has 0 aromatic heterocycles. The highest BCUT2D eigenvalue weighted by atomic mass is 19.4. The van der Waals surface area contributed by atoms with Crippen molar-refractivity contribution < 1.29 is 18.0 Å². The molecule has 1 fully saturated rings. The van der Waals surface area contributed by atoms with Crippen LogP contribution in [0, 0.1) is 0 Å². The van der Waals surface area contributed by atoms with Gasteiger partial charge in [0.2, 0.25) is 5.91 Å². The summed E-state index contributed by atoms with van der Waals surface area (Å²) < 4.78 is 39.8. The minimum absolute atomic E-state index is 0.0191. The summed E-state index contributed by atoms with van der Waals surface area (Å²) in [5, 5.41) is 2.64. The zero-order valence-corrected chi connectivity index (χ0v) is 13.5. The third-order valence-corrected chi connectivity index (χ3v) is 4.51. The normalized spacial score (nSPS) is 16.4. The molecule has 3 rings (SSSR count). The van der Waals surface area contributed by atoms with Crippen LogP contribution in [-0.4, -0.2) is 18.6 Å². The number of carbonyl (C=O) groups excluding carboxylic acids is 1. The van der Waals surface area contributed by atoms with Gasteiger partial charge in [0.1, 0.15) is 0 Å². The molecule has 5 heteroatoms. The monoisotopic (exact) mass is 345 g/mol. The molecule has 0 bridgehead atoms. The van der Waals surface area contributed by atoms with Crippen LogP contribution in [0.5, 0.6) is 0 Å². The molecule has 1 N–H and O–H groups in total. The van der Waals surface area contributed by atoms with Crippen LogP contribution in [0.4, 0.5) is 13.2 Å². The van der Waals surface area contributed by atoms with Gasteiger partial charge in [-0.15, -0.1) is 0 Å². The van der Waals surface area contributed by atoms with Crippen molar-refractivity contribution in [2.24, 2.45) is 0 Å². The van der Waals surface area contributed by atoms with Gasteiger partial charge in [-0.2, -0.15) is 13.2 Å². The quantitative estimate of drug-likeness (QED) is 0.796. The molecule has 0 unspecified atom stereocenters. The first-order valence-corrected chi connectivity index (χ1v) is 8.08. The van der Waals surface area contributed by atoms with E-state index < -0.39 is 17.7 Å². The zero-order valence-electron chi connectivity index (χ0n) is 13.5. The number of carbonyl (C=O) groups is 1. The number of alkyl halides is 3. The number of nitrogens with one attached hydrogen (secondary N) is 1. The van der Waals surface area contributed by atoms with Gasteiger partial charge in [0, 0.05) is 18.0 Å². The van der Waals surface area contributed by atoms with E-state index in [0.717, 1.165) is 18.4 Å². The molecule has 0 saturated heterocycles. The highest BCUT2D eigenvalue weighted by Crippen LogP contribution is 2.47.